The molecule has 1 amide bonds. The average Bonchev–Trinajstić information content (AvgIpc) is 2.46. The Morgan fingerprint density at radius 2 is 2.00 bits per heavy atom. The van der Waals surface area contributed by atoms with Crippen LogP contribution in [0.4, 0.5) is 0 Å². The Morgan fingerprint density at radius 3 is 2.53 bits per heavy atom. The van der Waals surface area contributed by atoms with Crippen molar-refractivity contribution in [2.45, 2.75) is 38.7 Å². The van der Waals surface area contributed by atoms with E-state index in [9.17, 15) is 9.90 Å². The van der Waals surface area contributed by atoms with Crippen LogP contribution in [-0.2, 0) is 11.2 Å². The molecular weight excluding hydrogens is 240 g/mol. The fraction of sp³-hybridized carbons (Fsp3) is 0.533. The number of hydrogen-bond acceptors (Lipinski definition) is 3. The molecule has 19 heavy (non-hydrogen) atoms. The monoisotopic (exact) mass is 264 g/mol. The molecule has 4 heteroatoms. The zero-order chi connectivity index (χ0) is 14.3. The molecule has 4 nitrogen and oxygen atoms in total. The highest BCUT2D eigenvalue weighted by molar-refractivity contribution is 5.80. The van der Waals surface area contributed by atoms with Crippen LogP contribution in [0.2, 0.25) is 0 Å². The molecule has 0 bridgehead atoms. The van der Waals surface area contributed by atoms with Gasteiger partial charge in [0, 0.05) is 13.1 Å². The Kier molecular flexibility index (Phi) is 6.53. The van der Waals surface area contributed by atoms with Gasteiger partial charge in [0.15, 0.2) is 0 Å². The van der Waals surface area contributed by atoms with Crippen molar-refractivity contribution in [2.75, 3.05) is 13.1 Å². The summed E-state index contributed by atoms with van der Waals surface area (Å²) in [6.45, 7) is 4.86. The Bertz CT molecular complexity index is 390. The summed E-state index contributed by atoms with van der Waals surface area (Å²) in [5, 5.41) is 11.9. The van der Waals surface area contributed by atoms with Crippen LogP contribution >= 0.6 is 0 Å². The molecule has 0 radical (unpaired) electrons. The van der Waals surface area contributed by atoms with E-state index in [-0.39, 0.29) is 6.54 Å². The zero-order valence-corrected chi connectivity index (χ0v) is 11.7. The molecule has 0 fully saturated rings. The van der Waals surface area contributed by atoms with Gasteiger partial charge in [-0.25, -0.2) is 0 Å². The van der Waals surface area contributed by atoms with Crippen molar-refractivity contribution in [3.63, 3.8) is 0 Å². The second kappa shape index (κ2) is 7.92. The van der Waals surface area contributed by atoms with Crippen LogP contribution in [0.5, 0.6) is 0 Å². The number of aliphatic hydroxyl groups excluding tert-OH is 1. The van der Waals surface area contributed by atoms with E-state index in [0.29, 0.717) is 12.5 Å². The fourth-order valence-electron chi connectivity index (χ4n) is 1.80. The van der Waals surface area contributed by atoms with E-state index in [1.807, 2.05) is 0 Å². The van der Waals surface area contributed by atoms with Gasteiger partial charge in [0.05, 0.1) is 0 Å². The molecule has 0 aliphatic rings. The Balaban J connectivity index is 2.40. The first-order valence-corrected chi connectivity index (χ1v) is 6.83. The second-order valence-electron chi connectivity index (χ2n) is 4.84. The van der Waals surface area contributed by atoms with Crippen LogP contribution in [0.25, 0.3) is 0 Å². The van der Waals surface area contributed by atoms with Crippen LogP contribution in [0.3, 0.4) is 0 Å². The van der Waals surface area contributed by atoms with Gasteiger partial charge in [-0.3, -0.25) is 4.79 Å². The summed E-state index contributed by atoms with van der Waals surface area (Å²) in [5.74, 6) is 0.173. The molecular formula is C15H24N2O2. The number of nitrogens with one attached hydrogen (secondary N) is 1. The summed E-state index contributed by atoms with van der Waals surface area (Å²) in [7, 11) is 0. The maximum Gasteiger partial charge on any atom is 0.250 e. The molecule has 2 atom stereocenters. The lowest BCUT2D eigenvalue weighted by atomic mass is 9.97. The summed E-state index contributed by atoms with van der Waals surface area (Å²) in [6, 6.07) is 8.46. The molecule has 1 aromatic carbocycles. The largest absolute Gasteiger partial charge is 0.382 e. The van der Waals surface area contributed by atoms with Crippen molar-refractivity contribution >= 4 is 5.91 Å². The van der Waals surface area contributed by atoms with Crippen molar-refractivity contribution in [3.05, 3.63) is 35.4 Å². The fourth-order valence-corrected chi connectivity index (χ4v) is 1.80. The number of amides is 1. The minimum atomic E-state index is -1.10. The van der Waals surface area contributed by atoms with Crippen LogP contribution in [0.1, 0.15) is 37.3 Å². The van der Waals surface area contributed by atoms with Crippen LogP contribution < -0.4 is 11.1 Å². The van der Waals surface area contributed by atoms with Crippen molar-refractivity contribution in [2.24, 2.45) is 5.73 Å². The van der Waals surface area contributed by atoms with Gasteiger partial charge in [-0.2, -0.15) is 0 Å². The third-order valence-electron chi connectivity index (χ3n) is 3.40. The highest BCUT2D eigenvalue weighted by Gasteiger charge is 2.11. The highest BCUT2D eigenvalue weighted by Crippen LogP contribution is 2.18. The number of carbonyl (C=O) groups excluding carboxylic acids is 1. The number of rotatable bonds is 7. The first-order chi connectivity index (χ1) is 9.08. The first-order valence-electron chi connectivity index (χ1n) is 6.83. The Labute approximate surface area is 115 Å². The van der Waals surface area contributed by atoms with E-state index in [4.69, 9.17) is 5.73 Å². The number of hydrogen-bond donors (Lipinski definition) is 3. The molecule has 0 aliphatic carbocycles. The lowest BCUT2D eigenvalue weighted by Gasteiger charge is -2.11. The van der Waals surface area contributed by atoms with Crippen molar-refractivity contribution < 1.29 is 9.90 Å². The molecule has 106 valence electrons. The van der Waals surface area contributed by atoms with Crippen LogP contribution in [0, 0.1) is 0 Å². The smallest absolute Gasteiger partial charge is 0.250 e. The normalized spacial score (nSPS) is 13.9. The highest BCUT2D eigenvalue weighted by atomic mass is 16.3. The van der Waals surface area contributed by atoms with Gasteiger partial charge < -0.3 is 16.2 Å². The molecule has 2 unspecified atom stereocenters. The molecule has 1 rings (SSSR count). The number of aliphatic hydroxyl groups is 1. The van der Waals surface area contributed by atoms with E-state index in [0.717, 1.165) is 12.8 Å². The van der Waals surface area contributed by atoms with Crippen LogP contribution in [0.15, 0.2) is 24.3 Å². The molecule has 1 aromatic rings. The Hall–Kier alpha value is -1.39. The number of nitrogens with two attached hydrogens (primary N) is 1. The van der Waals surface area contributed by atoms with Gasteiger partial charge in [0.25, 0.3) is 0 Å². The summed E-state index contributed by atoms with van der Waals surface area (Å²) < 4.78 is 0. The molecule has 0 heterocycles. The minimum Gasteiger partial charge on any atom is -0.382 e. The molecule has 0 aromatic heterocycles. The predicted molar refractivity (Wildman–Crippen MR) is 76.9 cm³/mol. The maximum atomic E-state index is 11.3. The molecule has 4 N–H and O–H groups in total. The zero-order valence-electron chi connectivity index (χ0n) is 11.7. The average molecular weight is 264 g/mol. The van der Waals surface area contributed by atoms with Gasteiger partial charge in [-0.05, 0) is 29.9 Å². The van der Waals surface area contributed by atoms with E-state index < -0.39 is 12.0 Å². The molecule has 0 saturated carbocycles. The minimum absolute atomic E-state index is 0.0462. The second-order valence-corrected chi connectivity index (χ2v) is 4.84. The molecule has 0 aliphatic heterocycles. The molecule has 0 spiro atoms. The van der Waals surface area contributed by atoms with Crippen LogP contribution in [-0.4, -0.2) is 30.2 Å². The Morgan fingerprint density at radius 1 is 1.37 bits per heavy atom. The summed E-state index contributed by atoms with van der Waals surface area (Å²) >= 11 is 0. The summed E-state index contributed by atoms with van der Waals surface area (Å²) in [4.78, 5) is 11.3. The number of benzene rings is 1. The van der Waals surface area contributed by atoms with Gasteiger partial charge >= 0.3 is 0 Å². The van der Waals surface area contributed by atoms with Crippen molar-refractivity contribution in [1.82, 2.24) is 5.32 Å². The first kappa shape index (κ1) is 15.7. The van der Waals surface area contributed by atoms with Crippen molar-refractivity contribution in [3.8, 4) is 0 Å². The lowest BCUT2D eigenvalue weighted by Crippen LogP contribution is -2.39. The maximum absolute atomic E-state index is 11.3. The topological polar surface area (TPSA) is 75.3 Å². The van der Waals surface area contributed by atoms with Crippen molar-refractivity contribution in [1.29, 1.82) is 0 Å². The van der Waals surface area contributed by atoms with E-state index in [1.54, 1.807) is 0 Å². The molecule has 0 saturated heterocycles. The lowest BCUT2D eigenvalue weighted by molar-refractivity contribution is -0.128. The SMILES string of the molecule is CCC(C)c1ccc(CCNC(=O)C(O)CN)cc1. The summed E-state index contributed by atoms with van der Waals surface area (Å²) in [6.07, 6.45) is 0.781. The third kappa shape index (κ3) is 5.01. The van der Waals surface area contributed by atoms with E-state index >= 15 is 0 Å². The predicted octanol–water partition coefficient (Wildman–Crippen LogP) is 1.18. The quantitative estimate of drug-likeness (QED) is 0.692. The van der Waals surface area contributed by atoms with E-state index in [1.165, 1.54) is 11.1 Å². The van der Waals surface area contributed by atoms with Gasteiger partial charge in [0.2, 0.25) is 5.91 Å². The van der Waals surface area contributed by atoms with Gasteiger partial charge in [-0.1, -0.05) is 38.1 Å². The summed E-state index contributed by atoms with van der Waals surface area (Å²) in [5.41, 5.74) is 7.72. The van der Waals surface area contributed by atoms with Gasteiger partial charge in [0.1, 0.15) is 6.10 Å². The van der Waals surface area contributed by atoms with E-state index in [2.05, 4.69) is 43.4 Å². The number of carbonyl (C=O) groups is 1. The van der Waals surface area contributed by atoms with Gasteiger partial charge in [-0.15, -0.1) is 0 Å². The third-order valence-corrected chi connectivity index (χ3v) is 3.40. The standard InChI is InChI=1S/C15H24N2O2/c1-3-11(2)13-6-4-12(5-7-13)8-9-17-15(19)14(18)10-16/h4-7,11,14,18H,3,8-10,16H2,1-2H3,(H,17,19).